The maximum absolute atomic E-state index is 12.4. The lowest BCUT2D eigenvalue weighted by Gasteiger charge is -2.21. The van der Waals surface area contributed by atoms with Gasteiger partial charge in [-0.15, -0.1) is 0 Å². The molecule has 0 spiro atoms. The van der Waals surface area contributed by atoms with Crippen LogP contribution in [0.3, 0.4) is 0 Å². The predicted octanol–water partition coefficient (Wildman–Crippen LogP) is 2.83. The molecule has 0 amide bonds. The van der Waals surface area contributed by atoms with Gasteiger partial charge < -0.3 is 5.32 Å². The van der Waals surface area contributed by atoms with Crippen LogP contribution in [0.1, 0.15) is 50.6 Å². The Morgan fingerprint density at radius 3 is 2.62 bits per heavy atom. The second-order valence-corrected chi connectivity index (χ2v) is 7.71. The van der Waals surface area contributed by atoms with Gasteiger partial charge in [0.05, 0.1) is 4.90 Å². The minimum absolute atomic E-state index is 0.137. The first kappa shape index (κ1) is 16.5. The summed E-state index contributed by atoms with van der Waals surface area (Å²) in [4.78, 5) is 0.359. The third kappa shape index (κ3) is 4.53. The van der Waals surface area contributed by atoms with Gasteiger partial charge >= 0.3 is 0 Å². The summed E-state index contributed by atoms with van der Waals surface area (Å²) in [5.74, 6) is 0.493. The summed E-state index contributed by atoms with van der Waals surface area (Å²) < 4.78 is 27.6. The highest BCUT2D eigenvalue weighted by Gasteiger charge is 2.19. The van der Waals surface area contributed by atoms with Crippen molar-refractivity contribution >= 4 is 10.0 Å². The second-order valence-electron chi connectivity index (χ2n) is 5.94. The van der Waals surface area contributed by atoms with Crippen LogP contribution in [0.15, 0.2) is 29.2 Å². The van der Waals surface area contributed by atoms with Crippen LogP contribution >= 0.6 is 0 Å². The highest BCUT2D eigenvalue weighted by Crippen LogP contribution is 2.23. The van der Waals surface area contributed by atoms with Crippen molar-refractivity contribution in [3.8, 4) is 0 Å². The zero-order chi connectivity index (χ0) is 15.3. The van der Waals surface area contributed by atoms with Crippen molar-refractivity contribution < 1.29 is 8.42 Å². The van der Waals surface area contributed by atoms with Gasteiger partial charge in [-0.25, -0.2) is 13.1 Å². The van der Waals surface area contributed by atoms with Gasteiger partial charge in [0.1, 0.15) is 0 Å². The van der Waals surface area contributed by atoms with Gasteiger partial charge in [0.15, 0.2) is 0 Å². The van der Waals surface area contributed by atoms with Crippen LogP contribution in [0, 0.1) is 5.92 Å². The Morgan fingerprint density at radius 1 is 1.24 bits per heavy atom. The Kier molecular flexibility index (Phi) is 5.79. The van der Waals surface area contributed by atoms with Gasteiger partial charge in [-0.3, -0.25) is 0 Å². The van der Waals surface area contributed by atoms with Crippen molar-refractivity contribution in [2.24, 2.45) is 5.92 Å². The average Bonchev–Trinajstić information content (AvgIpc) is 2.53. The standard InChI is InChI=1S/C16H26N2O2S/c1-13(17-2)15-9-6-10-16(11-15)21(19,20)18-12-14-7-4-3-5-8-14/h6,9-11,13-14,17-18H,3-5,7-8,12H2,1-2H3. The van der Waals surface area contributed by atoms with Gasteiger partial charge in [0.2, 0.25) is 10.0 Å². The van der Waals surface area contributed by atoms with E-state index in [-0.39, 0.29) is 6.04 Å². The van der Waals surface area contributed by atoms with Crippen molar-refractivity contribution in [1.29, 1.82) is 0 Å². The lowest BCUT2D eigenvalue weighted by molar-refractivity contribution is 0.357. The van der Waals surface area contributed by atoms with Crippen LogP contribution in [-0.2, 0) is 10.0 Å². The molecule has 1 aromatic rings. The number of rotatable bonds is 6. The molecular formula is C16H26N2O2S. The van der Waals surface area contributed by atoms with Crippen LogP contribution in [0.25, 0.3) is 0 Å². The monoisotopic (exact) mass is 310 g/mol. The van der Waals surface area contributed by atoms with Gasteiger partial charge in [-0.2, -0.15) is 0 Å². The molecule has 2 N–H and O–H groups in total. The van der Waals surface area contributed by atoms with Gasteiger partial charge in [-0.1, -0.05) is 31.4 Å². The van der Waals surface area contributed by atoms with E-state index in [1.165, 1.54) is 19.3 Å². The predicted molar refractivity (Wildman–Crippen MR) is 85.7 cm³/mol. The van der Waals surface area contributed by atoms with Crippen molar-refractivity contribution in [1.82, 2.24) is 10.0 Å². The minimum atomic E-state index is -3.40. The third-order valence-electron chi connectivity index (χ3n) is 4.39. The Hall–Kier alpha value is -0.910. The zero-order valence-electron chi connectivity index (χ0n) is 12.9. The van der Waals surface area contributed by atoms with Gasteiger partial charge in [-0.05, 0) is 50.4 Å². The summed E-state index contributed by atoms with van der Waals surface area (Å²) in [5.41, 5.74) is 0.984. The van der Waals surface area contributed by atoms with E-state index >= 15 is 0 Å². The normalized spacial score (nSPS) is 18.6. The fraction of sp³-hybridized carbons (Fsp3) is 0.625. The zero-order valence-corrected chi connectivity index (χ0v) is 13.7. The van der Waals surface area contributed by atoms with Crippen LogP contribution in [0.2, 0.25) is 0 Å². The Bertz CT molecular complexity index is 551. The number of benzene rings is 1. The van der Waals surface area contributed by atoms with E-state index in [0.717, 1.165) is 18.4 Å². The summed E-state index contributed by atoms with van der Waals surface area (Å²) in [5, 5.41) is 3.13. The van der Waals surface area contributed by atoms with Crippen molar-refractivity contribution in [2.75, 3.05) is 13.6 Å². The van der Waals surface area contributed by atoms with Gasteiger partial charge in [0.25, 0.3) is 0 Å². The molecule has 1 unspecified atom stereocenters. The quantitative estimate of drug-likeness (QED) is 0.849. The number of sulfonamides is 1. The minimum Gasteiger partial charge on any atom is -0.313 e. The van der Waals surface area contributed by atoms with E-state index in [1.807, 2.05) is 20.0 Å². The first-order valence-electron chi connectivity index (χ1n) is 7.80. The summed E-state index contributed by atoms with van der Waals surface area (Å²) in [6, 6.07) is 7.30. The largest absolute Gasteiger partial charge is 0.313 e. The average molecular weight is 310 g/mol. The van der Waals surface area contributed by atoms with E-state index in [0.29, 0.717) is 17.4 Å². The van der Waals surface area contributed by atoms with Crippen LogP contribution in [0.5, 0.6) is 0 Å². The van der Waals surface area contributed by atoms with Crippen molar-refractivity contribution in [3.05, 3.63) is 29.8 Å². The molecule has 1 saturated carbocycles. The lowest BCUT2D eigenvalue weighted by atomic mass is 9.90. The van der Waals surface area contributed by atoms with Crippen molar-refractivity contribution in [2.45, 2.75) is 50.0 Å². The molecule has 0 aromatic heterocycles. The fourth-order valence-electron chi connectivity index (χ4n) is 2.82. The maximum atomic E-state index is 12.4. The maximum Gasteiger partial charge on any atom is 0.240 e. The molecule has 1 aromatic carbocycles. The molecule has 0 aliphatic heterocycles. The first-order chi connectivity index (χ1) is 10.0. The van der Waals surface area contributed by atoms with E-state index < -0.39 is 10.0 Å². The summed E-state index contributed by atoms with van der Waals surface area (Å²) in [6.07, 6.45) is 6.01. The smallest absolute Gasteiger partial charge is 0.240 e. The van der Waals surface area contributed by atoms with E-state index in [1.54, 1.807) is 18.2 Å². The molecule has 0 heterocycles. The molecule has 118 valence electrons. The second kappa shape index (κ2) is 7.38. The Morgan fingerprint density at radius 2 is 1.95 bits per heavy atom. The lowest BCUT2D eigenvalue weighted by Crippen LogP contribution is -2.30. The molecular weight excluding hydrogens is 284 g/mol. The van der Waals surface area contributed by atoms with Crippen LogP contribution < -0.4 is 10.0 Å². The van der Waals surface area contributed by atoms with Crippen molar-refractivity contribution in [3.63, 3.8) is 0 Å². The summed E-state index contributed by atoms with van der Waals surface area (Å²) in [7, 11) is -1.53. The Labute approximate surface area is 128 Å². The molecule has 0 saturated heterocycles. The number of hydrogen-bond acceptors (Lipinski definition) is 3. The molecule has 1 aliphatic rings. The molecule has 21 heavy (non-hydrogen) atoms. The number of hydrogen-bond donors (Lipinski definition) is 2. The summed E-state index contributed by atoms with van der Waals surface area (Å²) >= 11 is 0. The fourth-order valence-corrected chi connectivity index (χ4v) is 3.99. The molecule has 0 radical (unpaired) electrons. The highest BCUT2D eigenvalue weighted by atomic mass is 32.2. The molecule has 2 rings (SSSR count). The molecule has 1 fully saturated rings. The van der Waals surface area contributed by atoms with Gasteiger partial charge in [0, 0.05) is 12.6 Å². The third-order valence-corrected chi connectivity index (χ3v) is 5.81. The van der Waals surface area contributed by atoms with Crippen LogP contribution in [-0.4, -0.2) is 22.0 Å². The molecule has 1 aliphatic carbocycles. The SMILES string of the molecule is CNC(C)c1cccc(S(=O)(=O)NCC2CCCCC2)c1. The topological polar surface area (TPSA) is 58.2 Å². The Balaban J connectivity index is 2.04. The summed E-state index contributed by atoms with van der Waals surface area (Å²) in [6.45, 7) is 2.58. The van der Waals surface area contributed by atoms with E-state index in [9.17, 15) is 8.42 Å². The van der Waals surface area contributed by atoms with Crippen LogP contribution in [0.4, 0.5) is 0 Å². The molecule has 0 bridgehead atoms. The first-order valence-corrected chi connectivity index (χ1v) is 9.28. The van der Waals surface area contributed by atoms with E-state index in [2.05, 4.69) is 10.0 Å². The number of nitrogens with one attached hydrogen (secondary N) is 2. The van der Waals surface area contributed by atoms with E-state index in [4.69, 9.17) is 0 Å². The molecule has 4 nitrogen and oxygen atoms in total. The highest BCUT2D eigenvalue weighted by molar-refractivity contribution is 7.89. The molecule has 1 atom stereocenters. The molecule has 5 heteroatoms.